The van der Waals surface area contributed by atoms with E-state index in [-0.39, 0.29) is 16.5 Å². The van der Waals surface area contributed by atoms with Crippen LogP contribution in [0.25, 0.3) is 0 Å². The summed E-state index contributed by atoms with van der Waals surface area (Å²) in [7, 11) is -2.08. The average Bonchev–Trinajstić information content (AvgIpc) is 2.61. The Hall–Kier alpha value is -2.41. The highest BCUT2D eigenvalue weighted by atomic mass is 32.2. The van der Waals surface area contributed by atoms with E-state index in [2.05, 4.69) is 4.72 Å². The van der Waals surface area contributed by atoms with E-state index >= 15 is 0 Å². The van der Waals surface area contributed by atoms with Crippen LogP contribution >= 0.6 is 0 Å². The topological polar surface area (TPSA) is 66.5 Å². The van der Waals surface area contributed by atoms with Crippen molar-refractivity contribution >= 4 is 21.6 Å². The van der Waals surface area contributed by atoms with Crippen molar-refractivity contribution in [1.82, 2.24) is 4.90 Å². The normalized spacial score (nSPS) is 11.2. The van der Waals surface area contributed by atoms with Gasteiger partial charge in [-0.2, -0.15) is 0 Å². The molecule has 1 amide bonds. The van der Waals surface area contributed by atoms with Crippen LogP contribution in [-0.2, 0) is 10.0 Å². The molecule has 25 heavy (non-hydrogen) atoms. The second-order valence-corrected chi connectivity index (χ2v) is 7.40. The van der Waals surface area contributed by atoms with E-state index in [9.17, 15) is 17.6 Å². The number of halogens is 1. The second kappa shape index (κ2) is 8.11. The number of benzene rings is 2. The van der Waals surface area contributed by atoms with Crippen LogP contribution in [0, 0.1) is 5.82 Å². The van der Waals surface area contributed by atoms with E-state index < -0.39 is 15.8 Å². The minimum Gasteiger partial charge on any atom is -0.342 e. The van der Waals surface area contributed by atoms with Crippen LogP contribution in [0.5, 0.6) is 0 Å². The highest BCUT2D eigenvalue weighted by Gasteiger charge is 2.16. The number of anilines is 1. The Kier molecular flexibility index (Phi) is 6.14. The molecular formula is C18H21FN2O3S. The smallest absolute Gasteiger partial charge is 0.261 e. The van der Waals surface area contributed by atoms with Gasteiger partial charge in [-0.05, 0) is 55.0 Å². The molecule has 0 unspecified atom stereocenters. The summed E-state index contributed by atoms with van der Waals surface area (Å²) in [4.78, 5) is 13.9. The Morgan fingerprint density at radius 1 is 1.08 bits per heavy atom. The van der Waals surface area contributed by atoms with Crippen LogP contribution in [0.4, 0.5) is 10.1 Å². The molecule has 1 N–H and O–H groups in total. The summed E-state index contributed by atoms with van der Waals surface area (Å²) in [6, 6.07) is 10.8. The Morgan fingerprint density at radius 2 is 1.68 bits per heavy atom. The zero-order valence-electron chi connectivity index (χ0n) is 14.2. The average molecular weight is 364 g/mol. The van der Waals surface area contributed by atoms with Gasteiger partial charge in [-0.3, -0.25) is 9.52 Å². The third-order valence-corrected chi connectivity index (χ3v) is 5.10. The molecule has 2 aromatic rings. The number of nitrogens with zero attached hydrogens (tertiary/aromatic N) is 1. The molecule has 0 aliphatic rings. The van der Waals surface area contributed by atoms with Gasteiger partial charge in [0.1, 0.15) is 5.82 Å². The van der Waals surface area contributed by atoms with Gasteiger partial charge in [0, 0.05) is 24.8 Å². The Balaban J connectivity index is 2.12. The lowest BCUT2D eigenvalue weighted by Gasteiger charge is -2.17. The molecule has 0 heterocycles. The summed E-state index contributed by atoms with van der Waals surface area (Å²) in [6.07, 6.45) is 1.90. The standard InChI is InChI=1S/C18H21FN2O3S/c1-3-4-13-21(2)18(22)14-5-11-17(12-6-14)25(23,24)20-16-9-7-15(19)8-10-16/h5-12,20H,3-4,13H2,1-2H3. The summed E-state index contributed by atoms with van der Waals surface area (Å²) in [6.45, 7) is 2.70. The largest absolute Gasteiger partial charge is 0.342 e. The molecular weight excluding hydrogens is 343 g/mol. The van der Waals surface area contributed by atoms with Crippen LogP contribution in [0.2, 0.25) is 0 Å². The van der Waals surface area contributed by atoms with E-state index in [0.29, 0.717) is 12.1 Å². The molecule has 0 bridgehead atoms. The van der Waals surface area contributed by atoms with Crippen molar-refractivity contribution in [3.05, 3.63) is 59.9 Å². The predicted molar refractivity (Wildman–Crippen MR) is 95.5 cm³/mol. The SMILES string of the molecule is CCCCN(C)C(=O)c1ccc(S(=O)(=O)Nc2ccc(F)cc2)cc1. The quantitative estimate of drug-likeness (QED) is 0.818. The first kappa shape index (κ1) is 18.9. The van der Waals surface area contributed by atoms with Crippen molar-refractivity contribution in [2.45, 2.75) is 24.7 Å². The summed E-state index contributed by atoms with van der Waals surface area (Å²) in [5.74, 6) is -0.595. The second-order valence-electron chi connectivity index (χ2n) is 5.72. The lowest BCUT2D eigenvalue weighted by Crippen LogP contribution is -2.27. The molecule has 0 atom stereocenters. The van der Waals surface area contributed by atoms with Gasteiger partial charge < -0.3 is 4.90 Å². The number of sulfonamides is 1. The number of unbranched alkanes of at least 4 members (excludes halogenated alkanes) is 1. The summed E-state index contributed by atoms with van der Waals surface area (Å²) < 4.78 is 39.9. The highest BCUT2D eigenvalue weighted by Crippen LogP contribution is 2.17. The Morgan fingerprint density at radius 3 is 2.24 bits per heavy atom. The van der Waals surface area contributed by atoms with Gasteiger partial charge in [-0.1, -0.05) is 13.3 Å². The van der Waals surface area contributed by atoms with Crippen LogP contribution in [0.1, 0.15) is 30.1 Å². The zero-order chi connectivity index (χ0) is 18.4. The number of nitrogens with one attached hydrogen (secondary N) is 1. The minimum absolute atomic E-state index is 0.0320. The first-order chi connectivity index (χ1) is 11.8. The number of amides is 1. The number of carbonyl (C=O) groups is 1. The van der Waals surface area contributed by atoms with Gasteiger partial charge in [-0.15, -0.1) is 0 Å². The van der Waals surface area contributed by atoms with Crippen LogP contribution in [-0.4, -0.2) is 32.8 Å². The Bertz CT molecular complexity index is 818. The van der Waals surface area contributed by atoms with Gasteiger partial charge >= 0.3 is 0 Å². The maximum atomic E-state index is 12.9. The number of rotatable bonds is 7. The van der Waals surface area contributed by atoms with E-state index in [1.165, 1.54) is 48.5 Å². The molecule has 0 saturated heterocycles. The highest BCUT2D eigenvalue weighted by molar-refractivity contribution is 7.92. The molecule has 0 radical (unpaired) electrons. The van der Waals surface area contributed by atoms with Crippen molar-refractivity contribution in [3.8, 4) is 0 Å². The number of hydrogen-bond donors (Lipinski definition) is 1. The van der Waals surface area contributed by atoms with Gasteiger partial charge in [0.05, 0.1) is 4.90 Å². The van der Waals surface area contributed by atoms with Crippen LogP contribution in [0.3, 0.4) is 0 Å². The fraction of sp³-hybridized carbons (Fsp3) is 0.278. The predicted octanol–water partition coefficient (Wildman–Crippen LogP) is 3.50. The monoisotopic (exact) mass is 364 g/mol. The van der Waals surface area contributed by atoms with Crippen molar-refractivity contribution in [3.63, 3.8) is 0 Å². The molecule has 0 saturated carbocycles. The van der Waals surface area contributed by atoms with Gasteiger partial charge in [-0.25, -0.2) is 12.8 Å². The lowest BCUT2D eigenvalue weighted by atomic mass is 10.2. The molecule has 0 fully saturated rings. The van der Waals surface area contributed by atoms with Crippen LogP contribution in [0.15, 0.2) is 53.4 Å². The fourth-order valence-electron chi connectivity index (χ4n) is 2.23. The zero-order valence-corrected chi connectivity index (χ0v) is 15.0. The first-order valence-electron chi connectivity index (χ1n) is 7.97. The van der Waals surface area contributed by atoms with Crippen LogP contribution < -0.4 is 4.72 Å². The van der Waals surface area contributed by atoms with E-state index in [1.54, 1.807) is 11.9 Å². The van der Waals surface area contributed by atoms with Gasteiger partial charge in [0.2, 0.25) is 0 Å². The van der Waals surface area contributed by atoms with Crippen molar-refractivity contribution in [2.24, 2.45) is 0 Å². The maximum Gasteiger partial charge on any atom is 0.261 e. The van der Waals surface area contributed by atoms with E-state index in [0.717, 1.165) is 12.8 Å². The van der Waals surface area contributed by atoms with Crippen molar-refractivity contribution in [1.29, 1.82) is 0 Å². The van der Waals surface area contributed by atoms with Gasteiger partial charge in [0.25, 0.3) is 15.9 Å². The minimum atomic E-state index is -3.80. The molecule has 0 aromatic heterocycles. The molecule has 0 aliphatic carbocycles. The van der Waals surface area contributed by atoms with Crippen molar-refractivity contribution in [2.75, 3.05) is 18.3 Å². The fourth-order valence-corrected chi connectivity index (χ4v) is 3.28. The molecule has 134 valence electrons. The summed E-state index contributed by atoms with van der Waals surface area (Å²) in [5.41, 5.74) is 0.695. The van der Waals surface area contributed by atoms with E-state index in [1.807, 2.05) is 6.92 Å². The summed E-state index contributed by atoms with van der Waals surface area (Å²) in [5, 5.41) is 0. The van der Waals surface area contributed by atoms with Gasteiger partial charge in [0.15, 0.2) is 0 Å². The first-order valence-corrected chi connectivity index (χ1v) is 9.45. The lowest BCUT2D eigenvalue weighted by molar-refractivity contribution is 0.0793. The number of hydrogen-bond acceptors (Lipinski definition) is 3. The third kappa shape index (κ3) is 5.03. The molecule has 2 aromatic carbocycles. The third-order valence-electron chi connectivity index (χ3n) is 3.70. The van der Waals surface area contributed by atoms with E-state index in [4.69, 9.17) is 0 Å². The summed E-state index contributed by atoms with van der Waals surface area (Å²) >= 11 is 0. The molecule has 5 nitrogen and oxygen atoms in total. The molecule has 0 spiro atoms. The molecule has 0 aliphatic heterocycles. The maximum absolute atomic E-state index is 12.9. The Labute approximate surface area is 147 Å². The number of carbonyl (C=O) groups excluding carboxylic acids is 1. The van der Waals surface area contributed by atoms with Crippen molar-refractivity contribution < 1.29 is 17.6 Å². The molecule has 2 rings (SSSR count). The molecule has 7 heteroatoms.